The maximum atomic E-state index is 10.4. The van der Waals surface area contributed by atoms with Crippen LogP contribution in [-0.4, -0.2) is 5.91 Å². The molecule has 0 saturated heterocycles. The van der Waals surface area contributed by atoms with Crippen molar-refractivity contribution >= 4 is 17.2 Å². The van der Waals surface area contributed by atoms with Gasteiger partial charge in [0.25, 0.3) is 5.91 Å². The summed E-state index contributed by atoms with van der Waals surface area (Å²) in [5.74, 6) is -0.300. The van der Waals surface area contributed by atoms with Gasteiger partial charge in [0.05, 0.1) is 5.38 Å². The number of hydrogen-bond acceptors (Lipinski definition) is 2. The van der Waals surface area contributed by atoms with Crippen molar-refractivity contribution in [2.24, 2.45) is 5.73 Å². The number of rotatable bonds is 2. The van der Waals surface area contributed by atoms with Crippen LogP contribution in [0.3, 0.4) is 0 Å². The van der Waals surface area contributed by atoms with E-state index >= 15 is 0 Å². The highest BCUT2D eigenvalue weighted by molar-refractivity contribution is 7.07. The van der Waals surface area contributed by atoms with Gasteiger partial charge in [0.15, 0.2) is 5.69 Å². The third-order valence-corrected chi connectivity index (χ3v) is 2.06. The lowest BCUT2D eigenvalue weighted by molar-refractivity contribution is -0.685. The van der Waals surface area contributed by atoms with Crippen LogP contribution in [0.1, 0.15) is 5.69 Å². The second-order valence-corrected chi connectivity index (χ2v) is 2.81. The van der Waals surface area contributed by atoms with E-state index in [2.05, 4.69) is 0 Å². The van der Waals surface area contributed by atoms with E-state index in [-0.39, 0.29) is 29.4 Å². The molecule has 2 N–H and O–H groups in total. The van der Waals surface area contributed by atoms with Crippen LogP contribution in [0.2, 0.25) is 0 Å². The molecule has 0 saturated carbocycles. The van der Waals surface area contributed by atoms with Gasteiger partial charge >= 0.3 is 0 Å². The highest BCUT2D eigenvalue weighted by atomic mass is 79.9. The maximum absolute atomic E-state index is 10.4. The van der Waals surface area contributed by atoms with Gasteiger partial charge in [0.2, 0.25) is 12.1 Å². The largest absolute Gasteiger partial charge is 1.00 e. The van der Waals surface area contributed by atoms with Crippen molar-refractivity contribution in [3.8, 4) is 0 Å². The zero-order valence-electron chi connectivity index (χ0n) is 6.08. The Morgan fingerprint density at radius 2 is 2.45 bits per heavy atom. The fourth-order valence-electron chi connectivity index (χ4n) is 0.683. The summed E-state index contributed by atoms with van der Waals surface area (Å²) in [4.78, 5) is 10.4. The van der Waals surface area contributed by atoms with Crippen molar-refractivity contribution < 1.29 is 26.3 Å². The predicted molar refractivity (Wildman–Crippen MR) is 38.4 cm³/mol. The Morgan fingerprint density at radius 1 is 1.82 bits per heavy atom. The number of aromatic nitrogens is 1. The summed E-state index contributed by atoms with van der Waals surface area (Å²) in [6, 6.07) is 0. The van der Waals surface area contributed by atoms with Crippen molar-refractivity contribution in [3.63, 3.8) is 0 Å². The number of carbonyl (C=O) groups excluding carboxylic acids is 1. The van der Waals surface area contributed by atoms with Gasteiger partial charge in [-0.2, -0.15) is 4.57 Å². The first-order valence-corrected chi connectivity index (χ1v) is 3.85. The summed E-state index contributed by atoms with van der Waals surface area (Å²) in [5, 5.41) is 1.98. The first-order valence-electron chi connectivity index (χ1n) is 2.90. The van der Waals surface area contributed by atoms with E-state index in [0.29, 0.717) is 0 Å². The summed E-state index contributed by atoms with van der Waals surface area (Å²) >= 11 is 1.56. The van der Waals surface area contributed by atoms with Crippen molar-refractivity contribution in [2.45, 2.75) is 13.5 Å². The second-order valence-electron chi connectivity index (χ2n) is 2.09. The van der Waals surface area contributed by atoms with E-state index in [1.54, 1.807) is 11.3 Å². The molecule has 1 aromatic heterocycles. The molecule has 0 bridgehead atoms. The molecule has 3 nitrogen and oxygen atoms in total. The molecule has 0 aliphatic heterocycles. The number of carbonyl (C=O) groups is 1. The lowest BCUT2D eigenvalue weighted by atomic mass is 10.5. The van der Waals surface area contributed by atoms with E-state index < -0.39 is 0 Å². The number of thiazole rings is 1. The molecule has 0 aliphatic rings. The van der Waals surface area contributed by atoms with Crippen LogP contribution >= 0.6 is 11.3 Å². The Balaban J connectivity index is 0.000001000. The first kappa shape index (κ1) is 10.6. The van der Waals surface area contributed by atoms with Crippen molar-refractivity contribution in [2.75, 3.05) is 0 Å². The number of nitrogens with zero attached hydrogens (tertiary/aromatic N) is 1. The molecule has 62 valence electrons. The van der Waals surface area contributed by atoms with Crippen LogP contribution < -0.4 is 27.3 Å². The number of hydrogen-bond donors (Lipinski definition) is 1. The van der Waals surface area contributed by atoms with Gasteiger partial charge in [-0.25, -0.2) is 0 Å². The fraction of sp³-hybridized carbons (Fsp3) is 0.333. The monoisotopic (exact) mass is 236 g/mol. The Kier molecular flexibility index (Phi) is 4.29. The van der Waals surface area contributed by atoms with Crippen LogP contribution in [0.4, 0.5) is 0 Å². The summed E-state index contributed by atoms with van der Waals surface area (Å²) in [6.45, 7) is 2.23. The third kappa shape index (κ3) is 2.98. The van der Waals surface area contributed by atoms with Crippen LogP contribution in [0.5, 0.6) is 0 Å². The SMILES string of the molecule is Cc1csc[n+]1CC(N)=O.[Br-]. The molecular weight excluding hydrogens is 228 g/mol. The Morgan fingerprint density at radius 3 is 2.82 bits per heavy atom. The molecule has 0 aromatic carbocycles. The maximum Gasteiger partial charge on any atom is 0.283 e. The number of halogens is 1. The molecule has 1 rings (SSSR count). The normalized spacial score (nSPS) is 8.82. The molecule has 1 aromatic rings. The van der Waals surface area contributed by atoms with Gasteiger partial charge in [-0.15, -0.1) is 0 Å². The van der Waals surface area contributed by atoms with E-state index in [1.807, 2.05) is 22.4 Å². The minimum Gasteiger partial charge on any atom is -1.00 e. The molecule has 1 heterocycles. The third-order valence-electron chi connectivity index (χ3n) is 1.21. The summed E-state index contributed by atoms with van der Waals surface area (Å²) < 4.78 is 1.83. The molecule has 1 amide bonds. The van der Waals surface area contributed by atoms with E-state index in [1.165, 1.54) is 0 Å². The van der Waals surface area contributed by atoms with Crippen LogP contribution in [0.25, 0.3) is 0 Å². The minimum atomic E-state index is -0.300. The average molecular weight is 237 g/mol. The number of primary amides is 1. The zero-order chi connectivity index (χ0) is 7.56. The molecule has 0 unspecified atom stereocenters. The average Bonchev–Trinajstić information content (AvgIpc) is 2.15. The van der Waals surface area contributed by atoms with Gasteiger partial charge in [-0.1, -0.05) is 11.3 Å². The summed E-state index contributed by atoms with van der Waals surface area (Å²) in [7, 11) is 0. The van der Waals surface area contributed by atoms with E-state index in [9.17, 15) is 4.79 Å². The highest BCUT2D eigenvalue weighted by Gasteiger charge is 2.08. The molecule has 0 spiro atoms. The molecule has 0 aliphatic carbocycles. The smallest absolute Gasteiger partial charge is 0.283 e. The Hall–Kier alpha value is -0.420. The molecule has 5 heteroatoms. The standard InChI is InChI=1S/C6H8N2OS.BrH/c1-5-3-10-4-8(5)2-6(7)9;/h3-4H,2H2,1H3,(H-,7,9);1H. The van der Waals surface area contributed by atoms with Crippen LogP contribution in [-0.2, 0) is 11.3 Å². The van der Waals surface area contributed by atoms with Crippen molar-refractivity contribution in [1.29, 1.82) is 0 Å². The lowest BCUT2D eigenvalue weighted by Crippen LogP contribution is -3.00. The topological polar surface area (TPSA) is 47.0 Å². The quantitative estimate of drug-likeness (QED) is 0.542. The number of aryl methyl sites for hydroxylation is 1. The van der Waals surface area contributed by atoms with Gasteiger partial charge in [0, 0.05) is 6.92 Å². The number of nitrogens with two attached hydrogens (primary N) is 1. The van der Waals surface area contributed by atoms with Crippen LogP contribution in [0, 0.1) is 6.92 Å². The van der Waals surface area contributed by atoms with Crippen molar-refractivity contribution in [1.82, 2.24) is 0 Å². The molecule has 0 fully saturated rings. The summed E-state index contributed by atoms with van der Waals surface area (Å²) in [6.07, 6.45) is 0. The van der Waals surface area contributed by atoms with E-state index in [0.717, 1.165) is 5.69 Å². The van der Waals surface area contributed by atoms with Gasteiger partial charge < -0.3 is 22.7 Å². The molecule has 0 radical (unpaired) electrons. The molecular formula is C6H9BrN2OS. The summed E-state index contributed by atoms with van der Waals surface area (Å²) in [5.41, 5.74) is 7.95. The Labute approximate surface area is 79.6 Å². The van der Waals surface area contributed by atoms with Gasteiger partial charge in [-0.05, 0) is 0 Å². The fourth-order valence-corrected chi connectivity index (χ4v) is 1.46. The van der Waals surface area contributed by atoms with Crippen LogP contribution in [0.15, 0.2) is 10.9 Å². The number of amides is 1. The minimum absolute atomic E-state index is 0. The highest BCUT2D eigenvalue weighted by Crippen LogP contribution is 1.95. The second kappa shape index (κ2) is 4.46. The van der Waals surface area contributed by atoms with Gasteiger partial charge in [0.1, 0.15) is 0 Å². The molecule has 0 atom stereocenters. The zero-order valence-corrected chi connectivity index (χ0v) is 8.48. The molecule has 11 heavy (non-hydrogen) atoms. The van der Waals surface area contributed by atoms with Crippen molar-refractivity contribution in [3.05, 3.63) is 16.6 Å². The Bertz CT molecular complexity index is 248. The van der Waals surface area contributed by atoms with E-state index in [4.69, 9.17) is 5.73 Å². The lowest BCUT2D eigenvalue weighted by Gasteiger charge is -1.87. The van der Waals surface area contributed by atoms with Gasteiger partial charge in [-0.3, -0.25) is 4.79 Å². The predicted octanol–water partition coefficient (Wildman–Crippen LogP) is -3.17. The first-order chi connectivity index (χ1) is 4.70.